The number of carbonyl (C=O) groups is 4. The lowest BCUT2D eigenvalue weighted by atomic mass is 10.1. The van der Waals surface area contributed by atoms with Gasteiger partial charge in [-0.15, -0.1) is 11.3 Å². The van der Waals surface area contributed by atoms with Crippen LogP contribution in [0, 0.1) is 13.8 Å². The van der Waals surface area contributed by atoms with Gasteiger partial charge in [-0.3, -0.25) is 4.79 Å². The van der Waals surface area contributed by atoms with E-state index in [1.807, 2.05) is 6.92 Å². The molecule has 1 aromatic heterocycles. The van der Waals surface area contributed by atoms with E-state index in [0.717, 1.165) is 22.6 Å². The molecule has 0 spiro atoms. The van der Waals surface area contributed by atoms with Crippen LogP contribution in [0.2, 0.25) is 0 Å². The number of nitrogens with one attached hydrogen (secondary N) is 1. The number of esters is 3. The number of aryl methyl sites for hydroxylation is 1. The quantitative estimate of drug-likeness (QED) is 0.416. The van der Waals surface area contributed by atoms with Crippen molar-refractivity contribution in [1.29, 1.82) is 0 Å². The first-order chi connectivity index (χ1) is 12.3. The Kier molecular flexibility index (Phi) is 8.50. The summed E-state index contributed by atoms with van der Waals surface area (Å²) in [5.74, 6) is -2.69. The van der Waals surface area contributed by atoms with Crippen LogP contribution >= 0.6 is 11.3 Å². The maximum absolute atomic E-state index is 12.0. The molecule has 0 bridgehead atoms. The van der Waals surface area contributed by atoms with E-state index in [-0.39, 0.29) is 18.8 Å². The van der Waals surface area contributed by atoms with Crippen molar-refractivity contribution in [3.63, 3.8) is 0 Å². The maximum atomic E-state index is 12.0. The Labute approximate surface area is 155 Å². The van der Waals surface area contributed by atoms with Gasteiger partial charge >= 0.3 is 17.9 Å². The highest BCUT2D eigenvalue weighted by Crippen LogP contribution is 2.32. The summed E-state index contributed by atoms with van der Waals surface area (Å²) in [5.41, 5.74) is 1.01. The lowest BCUT2D eigenvalue weighted by Gasteiger charge is -2.07. The molecule has 1 N–H and O–H groups in total. The second kappa shape index (κ2) is 10.3. The molecule has 8 nitrogen and oxygen atoms in total. The molecule has 1 aromatic rings. The first kappa shape index (κ1) is 21.4. The zero-order chi connectivity index (χ0) is 19.7. The summed E-state index contributed by atoms with van der Waals surface area (Å²) in [6.45, 7) is 6.73. The van der Waals surface area contributed by atoms with Gasteiger partial charge in [0.15, 0.2) is 6.61 Å². The maximum Gasteiger partial charge on any atom is 0.341 e. The molecule has 0 aromatic carbocycles. The van der Waals surface area contributed by atoms with Crippen LogP contribution in [-0.2, 0) is 28.6 Å². The molecule has 0 unspecified atom stereocenters. The summed E-state index contributed by atoms with van der Waals surface area (Å²) in [5, 5.41) is 2.87. The van der Waals surface area contributed by atoms with Crippen LogP contribution < -0.4 is 5.32 Å². The van der Waals surface area contributed by atoms with Crippen LogP contribution in [0.5, 0.6) is 0 Å². The molecule has 0 saturated heterocycles. The van der Waals surface area contributed by atoms with Crippen molar-refractivity contribution in [1.82, 2.24) is 0 Å². The van der Waals surface area contributed by atoms with Gasteiger partial charge in [0.1, 0.15) is 5.00 Å². The zero-order valence-electron chi connectivity index (χ0n) is 15.0. The van der Waals surface area contributed by atoms with Crippen LogP contribution in [0.15, 0.2) is 12.2 Å². The average Bonchev–Trinajstić information content (AvgIpc) is 2.85. The Morgan fingerprint density at radius 1 is 0.962 bits per heavy atom. The van der Waals surface area contributed by atoms with Crippen molar-refractivity contribution >= 4 is 40.2 Å². The minimum Gasteiger partial charge on any atom is -0.463 e. The van der Waals surface area contributed by atoms with E-state index in [2.05, 4.69) is 10.1 Å². The topological polar surface area (TPSA) is 108 Å². The second-order valence-corrected chi connectivity index (χ2v) is 6.17. The predicted octanol–water partition coefficient (Wildman–Crippen LogP) is 2.14. The smallest absolute Gasteiger partial charge is 0.341 e. The second-order valence-electron chi connectivity index (χ2n) is 4.95. The minimum atomic E-state index is -0.864. The number of hydrogen-bond donors (Lipinski definition) is 1. The molecule has 0 aliphatic heterocycles. The summed E-state index contributed by atoms with van der Waals surface area (Å²) < 4.78 is 14.3. The molecule has 142 valence electrons. The van der Waals surface area contributed by atoms with Crippen molar-refractivity contribution < 1.29 is 33.4 Å². The van der Waals surface area contributed by atoms with Crippen LogP contribution in [0.1, 0.15) is 34.6 Å². The molecule has 0 radical (unpaired) electrons. The Hall–Kier alpha value is -2.68. The number of anilines is 1. The fraction of sp³-hybridized carbons (Fsp3) is 0.412. The number of carbonyl (C=O) groups excluding carboxylic acids is 4. The predicted molar refractivity (Wildman–Crippen MR) is 95.1 cm³/mol. The van der Waals surface area contributed by atoms with Crippen molar-refractivity contribution in [2.75, 3.05) is 25.1 Å². The third kappa shape index (κ3) is 6.32. The Morgan fingerprint density at radius 2 is 1.54 bits per heavy atom. The third-order valence-electron chi connectivity index (χ3n) is 3.11. The van der Waals surface area contributed by atoms with E-state index in [1.54, 1.807) is 20.8 Å². The molecule has 9 heteroatoms. The van der Waals surface area contributed by atoms with E-state index in [9.17, 15) is 19.2 Å². The monoisotopic (exact) mass is 383 g/mol. The van der Waals surface area contributed by atoms with Gasteiger partial charge in [-0.05, 0) is 33.3 Å². The van der Waals surface area contributed by atoms with Crippen LogP contribution in [0.3, 0.4) is 0 Å². The SMILES string of the molecule is CCOC(=O)C=CC(=O)OCC(=O)Nc1sc(C)c(C)c1C(=O)OCC. The van der Waals surface area contributed by atoms with Gasteiger partial charge in [0.25, 0.3) is 5.91 Å². The summed E-state index contributed by atoms with van der Waals surface area (Å²) in [4.78, 5) is 47.4. The van der Waals surface area contributed by atoms with Crippen molar-refractivity contribution in [2.24, 2.45) is 0 Å². The lowest BCUT2D eigenvalue weighted by Crippen LogP contribution is -2.21. The molecule has 0 saturated carbocycles. The summed E-state index contributed by atoms with van der Waals surface area (Å²) in [6.07, 6.45) is 1.78. The summed E-state index contributed by atoms with van der Waals surface area (Å²) in [6, 6.07) is 0. The fourth-order valence-corrected chi connectivity index (χ4v) is 2.90. The van der Waals surface area contributed by atoms with E-state index in [1.165, 1.54) is 11.3 Å². The van der Waals surface area contributed by atoms with Gasteiger partial charge in [0.05, 0.1) is 18.8 Å². The Balaban J connectivity index is 2.66. The molecule has 0 aliphatic rings. The molecular formula is C17H21NO7S. The van der Waals surface area contributed by atoms with Gasteiger partial charge in [-0.1, -0.05) is 0 Å². The van der Waals surface area contributed by atoms with Crippen LogP contribution in [0.25, 0.3) is 0 Å². The van der Waals surface area contributed by atoms with E-state index >= 15 is 0 Å². The van der Waals surface area contributed by atoms with Crippen LogP contribution in [-0.4, -0.2) is 43.6 Å². The largest absolute Gasteiger partial charge is 0.463 e. The zero-order valence-corrected chi connectivity index (χ0v) is 15.9. The highest BCUT2D eigenvalue weighted by Gasteiger charge is 2.22. The molecule has 1 heterocycles. The highest BCUT2D eigenvalue weighted by atomic mass is 32.1. The molecular weight excluding hydrogens is 362 g/mol. The van der Waals surface area contributed by atoms with E-state index in [4.69, 9.17) is 9.47 Å². The summed E-state index contributed by atoms with van der Waals surface area (Å²) in [7, 11) is 0. The number of hydrogen-bond acceptors (Lipinski definition) is 8. The number of amides is 1. The molecule has 1 rings (SSSR count). The molecule has 26 heavy (non-hydrogen) atoms. The van der Waals surface area contributed by atoms with E-state index in [0.29, 0.717) is 5.00 Å². The number of thiophene rings is 1. The van der Waals surface area contributed by atoms with Crippen molar-refractivity contribution in [3.8, 4) is 0 Å². The first-order valence-corrected chi connectivity index (χ1v) is 8.70. The number of ether oxygens (including phenoxy) is 3. The fourth-order valence-electron chi connectivity index (χ4n) is 1.84. The minimum absolute atomic E-state index is 0.184. The lowest BCUT2D eigenvalue weighted by molar-refractivity contribution is -0.143. The molecule has 0 aliphatic carbocycles. The van der Waals surface area contributed by atoms with Gasteiger partial charge in [-0.25, -0.2) is 14.4 Å². The van der Waals surface area contributed by atoms with E-state index < -0.39 is 30.4 Å². The van der Waals surface area contributed by atoms with Gasteiger partial charge in [-0.2, -0.15) is 0 Å². The summed E-state index contributed by atoms with van der Waals surface area (Å²) >= 11 is 1.23. The molecule has 1 amide bonds. The highest BCUT2D eigenvalue weighted by molar-refractivity contribution is 7.16. The van der Waals surface area contributed by atoms with Crippen molar-refractivity contribution in [2.45, 2.75) is 27.7 Å². The van der Waals surface area contributed by atoms with Crippen molar-refractivity contribution in [3.05, 3.63) is 28.2 Å². The van der Waals surface area contributed by atoms with Gasteiger partial charge in [0.2, 0.25) is 0 Å². The Morgan fingerprint density at radius 3 is 2.12 bits per heavy atom. The van der Waals surface area contributed by atoms with Crippen LogP contribution in [0.4, 0.5) is 5.00 Å². The first-order valence-electron chi connectivity index (χ1n) is 7.88. The average molecular weight is 383 g/mol. The van der Waals surface area contributed by atoms with Gasteiger partial charge in [0, 0.05) is 17.0 Å². The standard InChI is InChI=1S/C17H21NO7S/c1-5-23-13(20)7-8-14(21)25-9-12(19)18-16-15(17(22)24-6-2)10(3)11(4)26-16/h7-8H,5-6,9H2,1-4H3,(H,18,19). The third-order valence-corrected chi connectivity index (χ3v) is 4.23. The molecule has 0 atom stereocenters. The Bertz CT molecular complexity index is 721. The normalized spacial score (nSPS) is 10.5. The molecule has 0 fully saturated rings. The van der Waals surface area contributed by atoms with Gasteiger partial charge < -0.3 is 19.5 Å². The number of rotatable bonds is 8.